The fourth-order valence-electron chi connectivity index (χ4n) is 7.85. The highest BCUT2D eigenvalue weighted by atomic mass is 16.6. The van der Waals surface area contributed by atoms with Crippen molar-refractivity contribution in [3.05, 3.63) is 24.3 Å². The summed E-state index contributed by atoms with van der Waals surface area (Å²) in [6.45, 7) is 6.59. The molecular formula is C55H102O6. The SMILES string of the molecule is CCC/C=C\CCCCCCCC(=O)OCC(COC(=O)CCCCCCCCCCC/C=C\CCCCCCCCCC)OC(=O)CCCCCCCCCCCCCC. The summed E-state index contributed by atoms with van der Waals surface area (Å²) < 4.78 is 16.8. The van der Waals surface area contributed by atoms with Crippen molar-refractivity contribution in [2.45, 2.75) is 297 Å². The van der Waals surface area contributed by atoms with Gasteiger partial charge in [0.05, 0.1) is 0 Å². The highest BCUT2D eigenvalue weighted by molar-refractivity contribution is 5.71. The zero-order chi connectivity index (χ0) is 44.4. The van der Waals surface area contributed by atoms with Crippen LogP contribution in [0.25, 0.3) is 0 Å². The quantitative estimate of drug-likeness (QED) is 0.0262. The van der Waals surface area contributed by atoms with E-state index < -0.39 is 6.10 Å². The minimum atomic E-state index is -0.769. The van der Waals surface area contributed by atoms with Crippen molar-refractivity contribution in [3.63, 3.8) is 0 Å². The second-order valence-electron chi connectivity index (χ2n) is 18.1. The molecule has 0 rings (SSSR count). The molecule has 0 aromatic rings. The van der Waals surface area contributed by atoms with Crippen LogP contribution in [-0.2, 0) is 28.6 Å². The molecule has 0 aromatic heterocycles. The Kier molecular flexibility index (Phi) is 48.8. The van der Waals surface area contributed by atoms with Crippen LogP contribution in [0.3, 0.4) is 0 Å². The Bertz CT molecular complexity index is 989. The summed E-state index contributed by atoms with van der Waals surface area (Å²) in [7, 11) is 0. The molecule has 0 saturated carbocycles. The Hall–Kier alpha value is -2.11. The van der Waals surface area contributed by atoms with Crippen LogP contribution >= 0.6 is 0 Å². The molecule has 0 N–H and O–H groups in total. The molecule has 6 heteroatoms. The fourth-order valence-corrected chi connectivity index (χ4v) is 7.85. The molecule has 358 valence electrons. The average molecular weight is 859 g/mol. The molecule has 0 fully saturated rings. The maximum atomic E-state index is 12.8. The van der Waals surface area contributed by atoms with Gasteiger partial charge in [0.2, 0.25) is 0 Å². The van der Waals surface area contributed by atoms with Gasteiger partial charge in [0.25, 0.3) is 0 Å². The number of unbranched alkanes of at least 4 members (excludes halogenated alkanes) is 34. The third-order valence-electron chi connectivity index (χ3n) is 11.9. The molecule has 6 nitrogen and oxygen atoms in total. The molecule has 0 aliphatic heterocycles. The first-order valence-electron chi connectivity index (χ1n) is 26.8. The Morgan fingerprint density at radius 3 is 0.885 bits per heavy atom. The van der Waals surface area contributed by atoms with E-state index in [1.165, 1.54) is 180 Å². The fraction of sp³-hybridized carbons (Fsp3) is 0.873. The minimum Gasteiger partial charge on any atom is -0.462 e. The number of hydrogen-bond acceptors (Lipinski definition) is 6. The predicted octanol–water partition coefficient (Wildman–Crippen LogP) is 17.5. The van der Waals surface area contributed by atoms with Gasteiger partial charge in [-0.25, -0.2) is 0 Å². The van der Waals surface area contributed by atoms with Gasteiger partial charge in [-0.2, -0.15) is 0 Å². The molecule has 1 unspecified atom stereocenters. The van der Waals surface area contributed by atoms with Gasteiger partial charge < -0.3 is 14.2 Å². The highest BCUT2D eigenvalue weighted by Crippen LogP contribution is 2.16. The lowest BCUT2D eigenvalue weighted by atomic mass is 10.0. The van der Waals surface area contributed by atoms with E-state index >= 15 is 0 Å². The standard InChI is InChI=1S/C55H102O6/c1-4-7-10-13-16-19-22-24-25-26-27-28-29-30-31-32-34-36-39-42-45-48-54(57)60-51-52(50-59-53(56)47-44-41-38-35-21-18-15-12-9-6-3)61-55(58)49-46-43-40-37-33-23-20-17-14-11-8-5-2/h12,15,26-27,52H,4-11,13-14,16-25,28-51H2,1-3H3/b15-12-,27-26-. The van der Waals surface area contributed by atoms with E-state index in [-0.39, 0.29) is 31.1 Å². The smallest absolute Gasteiger partial charge is 0.306 e. The van der Waals surface area contributed by atoms with Crippen LogP contribution in [0.5, 0.6) is 0 Å². The van der Waals surface area contributed by atoms with Gasteiger partial charge in [-0.05, 0) is 64.2 Å². The monoisotopic (exact) mass is 859 g/mol. The van der Waals surface area contributed by atoms with Crippen LogP contribution in [-0.4, -0.2) is 37.2 Å². The summed E-state index contributed by atoms with van der Waals surface area (Å²) in [6, 6.07) is 0. The van der Waals surface area contributed by atoms with E-state index in [1.54, 1.807) is 0 Å². The van der Waals surface area contributed by atoms with E-state index in [1.807, 2.05) is 0 Å². The summed E-state index contributed by atoms with van der Waals surface area (Å²) in [5.74, 6) is -0.872. The molecule has 0 spiro atoms. The number of ether oxygens (including phenoxy) is 3. The maximum Gasteiger partial charge on any atom is 0.306 e. The van der Waals surface area contributed by atoms with Crippen LogP contribution in [0.15, 0.2) is 24.3 Å². The molecule has 0 aliphatic rings. The highest BCUT2D eigenvalue weighted by Gasteiger charge is 2.19. The van der Waals surface area contributed by atoms with Crippen molar-refractivity contribution in [3.8, 4) is 0 Å². The number of hydrogen-bond donors (Lipinski definition) is 0. The lowest BCUT2D eigenvalue weighted by Gasteiger charge is -2.18. The predicted molar refractivity (Wildman–Crippen MR) is 261 cm³/mol. The average Bonchev–Trinajstić information content (AvgIpc) is 3.26. The lowest BCUT2D eigenvalue weighted by Crippen LogP contribution is -2.30. The van der Waals surface area contributed by atoms with Crippen molar-refractivity contribution in [1.29, 1.82) is 0 Å². The molecule has 0 heterocycles. The Morgan fingerprint density at radius 2 is 0.574 bits per heavy atom. The summed E-state index contributed by atoms with van der Waals surface area (Å²) in [4.78, 5) is 37.9. The number of rotatable bonds is 49. The molecule has 0 radical (unpaired) electrons. The Labute approximate surface area is 379 Å². The molecule has 61 heavy (non-hydrogen) atoms. The molecular weight excluding hydrogens is 757 g/mol. The Morgan fingerprint density at radius 1 is 0.311 bits per heavy atom. The summed E-state index contributed by atoms with van der Waals surface area (Å²) in [6.07, 6.45) is 57.4. The zero-order valence-electron chi connectivity index (χ0n) is 40.9. The van der Waals surface area contributed by atoms with Crippen LogP contribution in [0.2, 0.25) is 0 Å². The lowest BCUT2D eigenvalue weighted by molar-refractivity contribution is -0.167. The van der Waals surface area contributed by atoms with Crippen LogP contribution < -0.4 is 0 Å². The maximum absolute atomic E-state index is 12.8. The van der Waals surface area contributed by atoms with Gasteiger partial charge >= 0.3 is 17.9 Å². The number of esters is 3. The normalized spacial score (nSPS) is 12.1. The Balaban J connectivity index is 4.22. The van der Waals surface area contributed by atoms with E-state index in [0.717, 1.165) is 70.6 Å². The topological polar surface area (TPSA) is 78.9 Å². The van der Waals surface area contributed by atoms with Crippen molar-refractivity contribution in [2.24, 2.45) is 0 Å². The third-order valence-corrected chi connectivity index (χ3v) is 11.9. The third kappa shape index (κ3) is 48.8. The number of carbonyl (C=O) groups excluding carboxylic acids is 3. The number of carbonyl (C=O) groups is 3. The second kappa shape index (κ2) is 50.5. The van der Waals surface area contributed by atoms with Gasteiger partial charge in [0, 0.05) is 19.3 Å². The second-order valence-corrected chi connectivity index (χ2v) is 18.1. The van der Waals surface area contributed by atoms with Crippen molar-refractivity contribution < 1.29 is 28.6 Å². The van der Waals surface area contributed by atoms with E-state index in [0.29, 0.717) is 19.3 Å². The molecule has 1 atom stereocenters. The van der Waals surface area contributed by atoms with Crippen LogP contribution in [0, 0.1) is 0 Å². The van der Waals surface area contributed by atoms with Gasteiger partial charge in [0.1, 0.15) is 13.2 Å². The summed E-state index contributed by atoms with van der Waals surface area (Å²) >= 11 is 0. The molecule has 0 aromatic carbocycles. The van der Waals surface area contributed by atoms with E-state index in [9.17, 15) is 14.4 Å². The molecule has 0 saturated heterocycles. The molecule has 0 amide bonds. The first-order valence-corrected chi connectivity index (χ1v) is 26.8. The number of allylic oxidation sites excluding steroid dienone is 4. The first kappa shape index (κ1) is 58.9. The van der Waals surface area contributed by atoms with Gasteiger partial charge in [0.15, 0.2) is 6.10 Å². The first-order chi connectivity index (χ1) is 30.0. The van der Waals surface area contributed by atoms with Gasteiger partial charge in [-0.15, -0.1) is 0 Å². The zero-order valence-corrected chi connectivity index (χ0v) is 40.9. The summed E-state index contributed by atoms with van der Waals surface area (Å²) in [5.41, 5.74) is 0. The van der Waals surface area contributed by atoms with Gasteiger partial charge in [-0.3, -0.25) is 14.4 Å². The van der Waals surface area contributed by atoms with Crippen LogP contribution in [0.1, 0.15) is 290 Å². The van der Waals surface area contributed by atoms with Crippen molar-refractivity contribution in [1.82, 2.24) is 0 Å². The minimum absolute atomic E-state index is 0.0714. The van der Waals surface area contributed by atoms with E-state index in [4.69, 9.17) is 14.2 Å². The summed E-state index contributed by atoms with van der Waals surface area (Å²) in [5, 5.41) is 0. The van der Waals surface area contributed by atoms with Crippen molar-refractivity contribution >= 4 is 17.9 Å². The molecule has 0 bridgehead atoms. The largest absolute Gasteiger partial charge is 0.462 e. The van der Waals surface area contributed by atoms with Crippen LogP contribution in [0.4, 0.5) is 0 Å². The molecule has 0 aliphatic carbocycles. The van der Waals surface area contributed by atoms with Crippen molar-refractivity contribution in [2.75, 3.05) is 13.2 Å². The van der Waals surface area contributed by atoms with Gasteiger partial charge in [-0.1, -0.05) is 231 Å². The van der Waals surface area contributed by atoms with E-state index in [2.05, 4.69) is 45.1 Å².